The van der Waals surface area contributed by atoms with Crippen LogP contribution in [-0.4, -0.2) is 22.4 Å². The van der Waals surface area contributed by atoms with Crippen molar-refractivity contribution in [3.05, 3.63) is 47.3 Å². The van der Waals surface area contributed by atoms with Gasteiger partial charge in [-0.3, -0.25) is 4.68 Å². The second kappa shape index (κ2) is 6.72. The fraction of sp³-hybridized carbons (Fsp3) is 0.333. The Kier molecular flexibility index (Phi) is 4.92. The Bertz CT molecular complexity index is 678. The number of halogens is 3. The molecule has 0 N–H and O–H groups in total. The van der Waals surface area contributed by atoms with Crippen LogP contribution >= 0.6 is 0 Å². The van der Waals surface area contributed by atoms with Gasteiger partial charge in [0.1, 0.15) is 17.9 Å². The van der Waals surface area contributed by atoms with Crippen molar-refractivity contribution in [1.29, 1.82) is 0 Å². The van der Waals surface area contributed by atoms with Gasteiger partial charge in [-0.1, -0.05) is 0 Å². The van der Waals surface area contributed by atoms with E-state index in [2.05, 4.69) is 5.10 Å². The summed E-state index contributed by atoms with van der Waals surface area (Å²) in [6.45, 7) is 1.90. The highest BCUT2D eigenvalue weighted by Crippen LogP contribution is 2.30. The molecular formula is C15H15F3N2O3. The molecule has 2 aromatic rings. The monoisotopic (exact) mass is 328 g/mol. The van der Waals surface area contributed by atoms with Gasteiger partial charge in [-0.05, 0) is 31.2 Å². The van der Waals surface area contributed by atoms with Gasteiger partial charge in [-0.2, -0.15) is 18.3 Å². The third-order valence-corrected chi connectivity index (χ3v) is 3.11. The van der Waals surface area contributed by atoms with E-state index in [9.17, 15) is 18.0 Å². The summed E-state index contributed by atoms with van der Waals surface area (Å²) < 4.78 is 49.3. The predicted molar refractivity (Wildman–Crippen MR) is 74.9 cm³/mol. The lowest BCUT2D eigenvalue weighted by Gasteiger charge is -2.10. The van der Waals surface area contributed by atoms with Crippen LogP contribution in [0.2, 0.25) is 0 Å². The maximum Gasteiger partial charge on any atom is 0.416 e. The minimum Gasteiger partial charge on any atom is -0.487 e. The van der Waals surface area contributed by atoms with E-state index >= 15 is 0 Å². The molecule has 0 amide bonds. The van der Waals surface area contributed by atoms with E-state index in [4.69, 9.17) is 9.47 Å². The molecule has 1 aromatic carbocycles. The maximum absolute atomic E-state index is 12.5. The first-order chi connectivity index (χ1) is 10.8. The topological polar surface area (TPSA) is 53.3 Å². The Morgan fingerprint density at radius 2 is 1.91 bits per heavy atom. The molecular weight excluding hydrogens is 313 g/mol. The predicted octanol–water partition coefficient (Wildman–Crippen LogP) is 3.19. The molecule has 0 atom stereocenters. The van der Waals surface area contributed by atoms with Crippen molar-refractivity contribution >= 4 is 5.97 Å². The molecule has 124 valence electrons. The quantitative estimate of drug-likeness (QED) is 0.791. The van der Waals surface area contributed by atoms with E-state index in [1.54, 1.807) is 14.0 Å². The van der Waals surface area contributed by atoms with Gasteiger partial charge >= 0.3 is 12.1 Å². The minimum absolute atomic E-state index is 0.0178. The van der Waals surface area contributed by atoms with Gasteiger partial charge in [0.15, 0.2) is 0 Å². The standard InChI is InChI=1S/C15H15F3N2O3/c1-3-22-14(21)12-8-19-20(2)13(12)9-23-11-6-4-10(5-7-11)15(16,17)18/h4-8H,3,9H2,1-2H3. The number of esters is 1. The van der Waals surface area contributed by atoms with Crippen molar-refractivity contribution in [2.45, 2.75) is 19.7 Å². The summed E-state index contributed by atoms with van der Waals surface area (Å²) in [5, 5.41) is 3.97. The Morgan fingerprint density at radius 1 is 1.26 bits per heavy atom. The van der Waals surface area contributed by atoms with E-state index in [-0.39, 0.29) is 24.5 Å². The fourth-order valence-electron chi connectivity index (χ4n) is 1.91. The molecule has 0 aliphatic heterocycles. The SMILES string of the molecule is CCOC(=O)c1cnn(C)c1COc1ccc(C(F)(F)F)cc1. The number of hydrogen-bond acceptors (Lipinski definition) is 4. The third kappa shape index (κ3) is 4.02. The van der Waals surface area contributed by atoms with Crippen LogP contribution in [0.15, 0.2) is 30.5 Å². The lowest BCUT2D eigenvalue weighted by molar-refractivity contribution is -0.137. The van der Waals surface area contributed by atoms with Crippen LogP contribution in [0.25, 0.3) is 0 Å². The van der Waals surface area contributed by atoms with Crippen LogP contribution in [0.3, 0.4) is 0 Å². The molecule has 2 rings (SSSR count). The van der Waals surface area contributed by atoms with Crippen molar-refractivity contribution in [2.24, 2.45) is 7.05 Å². The summed E-state index contributed by atoms with van der Waals surface area (Å²) in [4.78, 5) is 11.8. The van der Waals surface area contributed by atoms with E-state index in [0.717, 1.165) is 12.1 Å². The molecule has 0 saturated heterocycles. The van der Waals surface area contributed by atoms with Gasteiger partial charge in [0.05, 0.1) is 24.1 Å². The van der Waals surface area contributed by atoms with Gasteiger partial charge in [-0.25, -0.2) is 4.79 Å². The molecule has 1 aromatic heterocycles. The highest BCUT2D eigenvalue weighted by Gasteiger charge is 2.30. The first kappa shape index (κ1) is 16.9. The lowest BCUT2D eigenvalue weighted by Crippen LogP contribution is -2.11. The first-order valence-electron chi connectivity index (χ1n) is 6.81. The number of ether oxygens (including phenoxy) is 2. The summed E-state index contributed by atoms with van der Waals surface area (Å²) >= 11 is 0. The van der Waals surface area contributed by atoms with Crippen LogP contribution in [0.4, 0.5) is 13.2 Å². The van der Waals surface area contributed by atoms with Gasteiger partial charge in [0.25, 0.3) is 0 Å². The molecule has 0 aliphatic carbocycles. The van der Waals surface area contributed by atoms with Crippen LogP contribution in [0.1, 0.15) is 28.5 Å². The molecule has 5 nitrogen and oxygen atoms in total. The second-order valence-electron chi connectivity index (χ2n) is 4.66. The van der Waals surface area contributed by atoms with Crippen molar-refractivity contribution in [3.63, 3.8) is 0 Å². The number of alkyl halides is 3. The number of hydrogen-bond donors (Lipinski definition) is 0. The Hall–Kier alpha value is -2.51. The van der Waals surface area contributed by atoms with Crippen LogP contribution in [-0.2, 0) is 24.6 Å². The Balaban J connectivity index is 2.09. The van der Waals surface area contributed by atoms with Gasteiger partial charge in [-0.15, -0.1) is 0 Å². The van der Waals surface area contributed by atoms with E-state index in [0.29, 0.717) is 5.69 Å². The third-order valence-electron chi connectivity index (χ3n) is 3.11. The van der Waals surface area contributed by atoms with Gasteiger partial charge < -0.3 is 9.47 Å². The Morgan fingerprint density at radius 3 is 2.48 bits per heavy atom. The first-order valence-corrected chi connectivity index (χ1v) is 6.81. The molecule has 0 aliphatic rings. The van der Waals surface area contributed by atoms with Crippen molar-refractivity contribution in [3.8, 4) is 5.75 Å². The van der Waals surface area contributed by atoms with Gasteiger partial charge in [0.2, 0.25) is 0 Å². The summed E-state index contributed by atoms with van der Waals surface area (Å²) in [6, 6.07) is 4.32. The molecule has 0 saturated carbocycles. The minimum atomic E-state index is -4.39. The number of benzene rings is 1. The molecule has 0 fully saturated rings. The number of aryl methyl sites for hydroxylation is 1. The van der Waals surface area contributed by atoms with Crippen LogP contribution in [0.5, 0.6) is 5.75 Å². The maximum atomic E-state index is 12.5. The fourth-order valence-corrected chi connectivity index (χ4v) is 1.91. The summed E-state index contributed by atoms with van der Waals surface area (Å²) in [7, 11) is 1.63. The number of carbonyl (C=O) groups is 1. The van der Waals surface area contributed by atoms with Crippen LogP contribution < -0.4 is 4.74 Å². The smallest absolute Gasteiger partial charge is 0.416 e. The lowest BCUT2D eigenvalue weighted by atomic mass is 10.2. The summed E-state index contributed by atoms with van der Waals surface area (Å²) in [6.07, 6.45) is -3.03. The van der Waals surface area contributed by atoms with E-state index < -0.39 is 17.7 Å². The second-order valence-corrected chi connectivity index (χ2v) is 4.66. The van der Waals surface area contributed by atoms with Gasteiger partial charge in [0, 0.05) is 7.05 Å². The summed E-state index contributed by atoms with van der Waals surface area (Å²) in [5.41, 5.74) is -0.0118. The largest absolute Gasteiger partial charge is 0.487 e. The summed E-state index contributed by atoms with van der Waals surface area (Å²) in [5.74, 6) is -0.263. The number of nitrogens with zero attached hydrogens (tertiary/aromatic N) is 2. The molecule has 23 heavy (non-hydrogen) atoms. The molecule has 0 unspecified atom stereocenters. The molecule has 0 spiro atoms. The molecule has 0 radical (unpaired) electrons. The average Bonchev–Trinajstić information content (AvgIpc) is 2.86. The van der Waals surface area contributed by atoms with E-state index in [1.807, 2.05) is 0 Å². The number of carbonyl (C=O) groups excluding carboxylic acids is 1. The highest BCUT2D eigenvalue weighted by atomic mass is 19.4. The normalized spacial score (nSPS) is 11.3. The average molecular weight is 328 g/mol. The molecule has 8 heteroatoms. The zero-order valence-corrected chi connectivity index (χ0v) is 12.6. The number of aromatic nitrogens is 2. The van der Waals surface area contributed by atoms with Crippen molar-refractivity contribution in [1.82, 2.24) is 9.78 Å². The zero-order chi connectivity index (χ0) is 17.0. The number of rotatable bonds is 5. The Labute approximate surface area is 130 Å². The highest BCUT2D eigenvalue weighted by molar-refractivity contribution is 5.90. The molecule has 0 bridgehead atoms. The zero-order valence-electron chi connectivity index (χ0n) is 12.6. The molecule has 1 heterocycles. The van der Waals surface area contributed by atoms with Crippen molar-refractivity contribution < 1.29 is 27.4 Å². The van der Waals surface area contributed by atoms with Crippen molar-refractivity contribution in [2.75, 3.05) is 6.61 Å². The van der Waals surface area contributed by atoms with E-state index in [1.165, 1.54) is 23.0 Å². The van der Waals surface area contributed by atoms with Crippen LogP contribution in [0, 0.1) is 0 Å².